The maximum Gasteiger partial charge on any atom is 0.491 e. The molecule has 0 saturated heterocycles. The Balaban J connectivity index is 2.78. The van der Waals surface area contributed by atoms with Gasteiger partial charge in [-0.3, -0.25) is 0 Å². The van der Waals surface area contributed by atoms with Crippen molar-refractivity contribution in [2.24, 2.45) is 0 Å². The van der Waals surface area contributed by atoms with Crippen molar-refractivity contribution in [1.29, 1.82) is 0 Å². The molecule has 0 atom stereocenters. The molecule has 62 valence electrons. The number of hydrogen-bond acceptors (Lipinski definition) is 5. The molecule has 0 saturated carbocycles. The molecule has 1 aromatic rings. The zero-order valence-electron chi connectivity index (χ0n) is 6.21. The van der Waals surface area contributed by atoms with E-state index in [1.165, 1.54) is 12.4 Å². The molecule has 1 aromatic heterocycles. The molecule has 0 radical (unpaired) electrons. The van der Waals surface area contributed by atoms with Gasteiger partial charge >= 0.3 is 7.12 Å². The summed E-state index contributed by atoms with van der Waals surface area (Å²) in [7, 11) is -1.56. The van der Waals surface area contributed by atoms with E-state index in [9.17, 15) is 4.79 Å². The highest BCUT2D eigenvalue weighted by atomic mass is 16.4. The predicted molar refractivity (Wildman–Crippen MR) is 41.6 cm³/mol. The van der Waals surface area contributed by atoms with Crippen molar-refractivity contribution in [2.75, 3.05) is 0 Å². The Kier molecular flexibility index (Phi) is 2.90. The van der Waals surface area contributed by atoms with Gasteiger partial charge in [-0.25, -0.2) is 9.97 Å². The number of hydrogen-bond donors (Lipinski definition) is 2. The van der Waals surface area contributed by atoms with E-state index in [0.29, 0.717) is 12.1 Å². The van der Waals surface area contributed by atoms with Crippen LogP contribution in [0, 0.1) is 0 Å². The summed E-state index contributed by atoms with van der Waals surface area (Å²) in [6.45, 7) is 0. The zero-order chi connectivity index (χ0) is 8.97. The number of nitrogens with zero attached hydrogens (tertiary/aromatic N) is 2. The van der Waals surface area contributed by atoms with Gasteiger partial charge in [0.1, 0.15) is 12.1 Å². The van der Waals surface area contributed by atoms with E-state index >= 15 is 0 Å². The third-order valence-electron chi connectivity index (χ3n) is 1.29. The molecule has 0 bridgehead atoms. The van der Waals surface area contributed by atoms with Gasteiger partial charge in [-0.1, -0.05) is 0 Å². The average Bonchev–Trinajstić information content (AvgIpc) is 2.06. The molecule has 1 rings (SSSR count). The minimum atomic E-state index is -1.56. The molecular formula is C6H7BN2O3. The second-order valence-corrected chi connectivity index (χ2v) is 2.18. The number of carbonyl (C=O) groups is 1. The van der Waals surface area contributed by atoms with Crippen molar-refractivity contribution >= 4 is 18.9 Å². The summed E-state index contributed by atoms with van der Waals surface area (Å²) in [5.41, 5.74) is 0.213. The number of rotatable bonds is 3. The molecule has 5 nitrogen and oxygen atoms in total. The normalized spacial score (nSPS) is 9.50. The third kappa shape index (κ3) is 2.11. The molecule has 0 aliphatic heterocycles. The molecule has 0 aliphatic carbocycles. The Hall–Kier alpha value is -1.27. The smallest absolute Gasteiger partial charge is 0.423 e. The fraction of sp³-hybridized carbons (Fsp3) is 0.167. The first kappa shape index (κ1) is 8.83. The van der Waals surface area contributed by atoms with Gasteiger partial charge in [0.25, 0.3) is 0 Å². The largest absolute Gasteiger partial charge is 0.491 e. The molecule has 1 heterocycles. The van der Waals surface area contributed by atoms with E-state index in [0.717, 1.165) is 0 Å². The summed E-state index contributed by atoms with van der Waals surface area (Å²) in [4.78, 5) is 17.5. The maximum atomic E-state index is 10.0. The summed E-state index contributed by atoms with van der Waals surface area (Å²) >= 11 is 0. The molecule has 0 aliphatic rings. The van der Waals surface area contributed by atoms with E-state index in [1.807, 2.05) is 0 Å². The molecule has 0 amide bonds. The fourth-order valence-electron chi connectivity index (χ4n) is 0.678. The molecule has 0 aromatic carbocycles. The lowest BCUT2D eigenvalue weighted by molar-refractivity contribution is -0.107. The van der Waals surface area contributed by atoms with E-state index in [-0.39, 0.29) is 11.9 Å². The third-order valence-corrected chi connectivity index (χ3v) is 1.29. The van der Waals surface area contributed by atoms with Crippen LogP contribution in [0.3, 0.4) is 0 Å². The van der Waals surface area contributed by atoms with Crippen LogP contribution in [0.25, 0.3) is 0 Å². The van der Waals surface area contributed by atoms with Crippen molar-refractivity contribution in [3.05, 3.63) is 18.2 Å². The molecule has 6 heteroatoms. The maximum absolute atomic E-state index is 10.0. The number of aromatic nitrogens is 2. The monoisotopic (exact) mass is 166 g/mol. The predicted octanol–water partition coefficient (Wildman–Crippen LogP) is -2.10. The lowest BCUT2D eigenvalue weighted by atomic mass is 9.83. The summed E-state index contributed by atoms with van der Waals surface area (Å²) in [6.07, 6.45) is 3.37. The van der Waals surface area contributed by atoms with Gasteiger partial charge in [-0.2, -0.15) is 0 Å². The molecule has 0 fully saturated rings. The minimum absolute atomic E-state index is 0.141. The minimum Gasteiger partial charge on any atom is -0.423 e. The Bertz CT molecular complexity index is 262. The molecule has 2 N–H and O–H groups in total. The van der Waals surface area contributed by atoms with Crippen molar-refractivity contribution in [3.8, 4) is 0 Å². The van der Waals surface area contributed by atoms with Crippen molar-refractivity contribution in [3.63, 3.8) is 0 Å². The van der Waals surface area contributed by atoms with Crippen molar-refractivity contribution < 1.29 is 14.8 Å². The van der Waals surface area contributed by atoms with E-state index in [1.54, 1.807) is 0 Å². The second kappa shape index (κ2) is 3.94. The Morgan fingerprint density at radius 3 is 2.42 bits per heavy atom. The first-order valence-corrected chi connectivity index (χ1v) is 3.34. The van der Waals surface area contributed by atoms with Gasteiger partial charge in [-0.15, -0.1) is 0 Å². The molecule has 12 heavy (non-hydrogen) atoms. The van der Waals surface area contributed by atoms with E-state index in [2.05, 4.69) is 9.97 Å². The second-order valence-electron chi connectivity index (χ2n) is 2.18. The van der Waals surface area contributed by atoms with Crippen LogP contribution in [0.1, 0.15) is 5.82 Å². The number of aldehydes is 1. The first-order chi connectivity index (χ1) is 5.74. The van der Waals surface area contributed by atoms with Crippen LogP contribution in [0.2, 0.25) is 0 Å². The van der Waals surface area contributed by atoms with E-state index < -0.39 is 7.12 Å². The lowest BCUT2D eigenvalue weighted by Crippen LogP contribution is -2.30. The van der Waals surface area contributed by atoms with Crippen LogP contribution < -0.4 is 5.46 Å². The van der Waals surface area contributed by atoms with Gasteiger partial charge in [0.2, 0.25) is 0 Å². The van der Waals surface area contributed by atoms with Crippen molar-refractivity contribution in [1.82, 2.24) is 9.97 Å². The van der Waals surface area contributed by atoms with Gasteiger partial charge < -0.3 is 14.8 Å². The zero-order valence-corrected chi connectivity index (χ0v) is 6.21. The van der Waals surface area contributed by atoms with Crippen LogP contribution in [-0.4, -0.2) is 33.4 Å². The summed E-state index contributed by atoms with van der Waals surface area (Å²) in [5, 5.41) is 17.3. The van der Waals surface area contributed by atoms with Crippen LogP contribution in [-0.2, 0) is 11.2 Å². The molecular weight excluding hydrogens is 159 g/mol. The number of carbonyl (C=O) groups excluding carboxylic acids is 1. The Morgan fingerprint density at radius 2 is 2.00 bits per heavy atom. The summed E-state index contributed by atoms with van der Waals surface area (Å²) in [6, 6.07) is 0. The quantitative estimate of drug-likeness (QED) is 0.396. The molecule has 0 spiro atoms. The van der Waals surface area contributed by atoms with Gasteiger partial charge in [-0.05, 0) is 0 Å². The van der Waals surface area contributed by atoms with Gasteiger partial charge in [0.05, 0.1) is 6.42 Å². The van der Waals surface area contributed by atoms with E-state index in [4.69, 9.17) is 10.0 Å². The summed E-state index contributed by atoms with van der Waals surface area (Å²) < 4.78 is 0. The first-order valence-electron chi connectivity index (χ1n) is 3.34. The van der Waals surface area contributed by atoms with Crippen molar-refractivity contribution in [2.45, 2.75) is 6.42 Å². The highest BCUT2D eigenvalue weighted by molar-refractivity contribution is 6.58. The fourth-order valence-corrected chi connectivity index (χ4v) is 0.678. The standard InChI is InChI=1S/C6H7BN2O3/c10-2-1-6-8-3-5(4-9-6)7(11)12/h2-4,11-12H,1H2. The van der Waals surface area contributed by atoms with Crippen LogP contribution in [0.15, 0.2) is 12.4 Å². The van der Waals surface area contributed by atoms with Gasteiger partial charge in [0.15, 0.2) is 0 Å². The van der Waals surface area contributed by atoms with Crippen LogP contribution in [0.5, 0.6) is 0 Å². The van der Waals surface area contributed by atoms with Crippen LogP contribution in [0.4, 0.5) is 0 Å². The lowest BCUT2D eigenvalue weighted by Gasteiger charge is -1.97. The molecule has 0 unspecified atom stereocenters. The van der Waals surface area contributed by atoms with Crippen LogP contribution >= 0.6 is 0 Å². The SMILES string of the molecule is O=CCc1ncc(B(O)O)cn1. The highest BCUT2D eigenvalue weighted by Crippen LogP contribution is 1.85. The average molecular weight is 166 g/mol. The topological polar surface area (TPSA) is 83.3 Å². The Labute approximate surface area is 69.2 Å². The highest BCUT2D eigenvalue weighted by Gasteiger charge is 2.11. The summed E-state index contributed by atoms with van der Waals surface area (Å²) in [5.74, 6) is 0.370. The Morgan fingerprint density at radius 1 is 1.42 bits per heavy atom. The van der Waals surface area contributed by atoms with Gasteiger partial charge in [0, 0.05) is 17.9 Å².